The molecule has 2 saturated carbocycles. The summed E-state index contributed by atoms with van der Waals surface area (Å²) >= 11 is 6.03. The zero-order valence-corrected chi connectivity index (χ0v) is 9.93. The number of alkyl halides is 1. The topological polar surface area (TPSA) is 29.1 Å². The second kappa shape index (κ2) is 5.20. The van der Waals surface area contributed by atoms with Crippen LogP contribution in [0.2, 0.25) is 0 Å². The van der Waals surface area contributed by atoms with Crippen LogP contribution in [0.3, 0.4) is 0 Å². The lowest BCUT2D eigenvalue weighted by atomic mass is 9.89. The molecule has 2 aliphatic carbocycles. The van der Waals surface area contributed by atoms with Gasteiger partial charge in [0.1, 0.15) is 0 Å². The fraction of sp³-hybridized carbons (Fsp3) is 0.917. The van der Waals surface area contributed by atoms with Crippen molar-refractivity contribution in [3.8, 4) is 0 Å². The van der Waals surface area contributed by atoms with E-state index in [0.29, 0.717) is 17.2 Å². The van der Waals surface area contributed by atoms with Crippen LogP contribution in [0.15, 0.2) is 0 Å². The summed E-state index contributed by atoms with van der Waals surface area (Å²) in [5.41, 5.74) is 0. The van der Waals surface area contributed by atoms with Gasteiger partial charge in [-0.15, -0.1) is 11.6 Å². The molecule has 1 N–H and O–H groups in total. The van der Waals surface area contributed by atoms with E-state index >= 15 is 0 Å². The van der Waals surface area contributed by atoms with Crippen molar-refractivity contribution in [2.24, 2.45) is 11.8 Å². The molecular weight excluding hydrogens is 210 g/mol. The van der Waals surface area contributed by atoms with E-state index in [0.717, 1.165) is 25.8 Å². The highest BCUT2D eigenvalue weighted by atomic mass is 35.5. The molecule has 0 aromatic heterocycles. The van der Waals surface area contributed by atoms with Crippen LogP contribution in [0, 0.1) is 11.8 Å². The Kier molecular flexibility index (Phi) is 3.90. The van der Waals surface area contributed by atoms with Crippen molar-refractivity contribution in [3.05, 3.63) is 0 Å². The molecule has 0 aliphatic heterocycles. The number of halogens is 1. The molecule has 0 heterocycles. The molecule has 0 saturated heterocycles. The van der Waals surface area contributed by atoms with Crippen molar-refractivity contribution < 1.29 is 4.79 Å². The summed E-state index contributed by atoms with van der Waals surface area (Å²) in [7, 11) is 0. The number of hydrogen-bond donors (Lipinski definition) is 1. The molecular formula is C12H20ClNO. The second-order valence-corrected chi connectivity index (χ2v) is 5.69. The first-order valence-corrected chi connectivity index (χ1v) is 6.58. The Balaban J connectivity index is 1.58. The molecule has 2 nitrogen and oxygen atoms in total. The molecule has 86 valence electrons. The maximum atomic E-state index is 11.5. The zero-order chi connectivity index (χ0) is 10.7. The minimum atomic E-state index is 0.255. The normalized spacial score (nSPS) is 31.3. The van der Waals surface area contributed by atoms with E-state index < -0.39 is 0 Å². The van der Waals surface area contributed by atoms with Gasteiger partial charge in [-0.2, -0.15) is 0 Å². The van der Waals surface area contributed by atoms with E-state index in [1.807, 2.05) is 0 Å². The number of nitrogens with one attached hydrogen (secondary N) is 1. The number of hydrogen-bond acceptors (Lipinski definition) is 1. The summed E-state index contributed by atoms with van der Waals surface area (Å²) in [4.78, 5) is 11.5. The summed E-state index contributed by atoms with van der Waals surface area (Å²) in [5, 5.41) is 3.43. The number of rotatable bonds is 4. The van der Waals surface area contributed by atoms with Crippen molar-refractivity contribution in [1.29, 1.82) is 0 Å². The fourth-order valence-electron chi connectivity index (χ4n) is 2.24. The highest BCUT2D eigenvalue weighted by Crippen LogP contribution is 2.32. The summed E-state index contributed by atoms with van der Waals surface area (Å²) in [6.07, 6.45) is 7.85. The predicted molar refractivity (Wildman–Crippen MR) is 61.9 cm³/mol. The van der Waals surface area contributed by atoms with Crippen LogP contribution in [-0.2, 0) is 4.79 Å². The van der Waals surface area contributed by atoms with Crippen LogP contribution in [0.25, 0.3) is 0 Å². The summed E-state index contributed by atoms with van der Waals surface area (Å²) in [6, 6.07) is 0. The van der Waals surface area contributed by atoms with Gasteiger partial charge in [-0.05, 0) is 50.4 Å². The summed E-state index contributed by atoms with van der Waals surface area (Å²) in [5.74, 6) is 1.62. The van der Waals surface area contributed by atoms with Gasteiger partial charge in [-0.1, -0.05) is 0 Å². The molecule has 3 heteroatoms. The average Bonchev–Trinajstić information content (AvgIpc) is 3.01. The highest BCUT2D eigenvalue weighted by molar-refractivity contribution is 6.20. The van der Waals surface area contributed by atoms with Gasteiger partial charge in [0.15, 0.2) is 0 Å². The lowest BCUT2D eigenvalue weighted by Crippen LogP contribution is -2.31. The van der Waals surface area contributed by atoms with Crippen molar-refractivity contribution in [3.63, 3.8) is 0 Å². The SMILES string of the molecule is O=C(CC1CC1)NCC1CCC(Cl)CC1. The smallest absolute Gasteiger partial charge is 0.220 e. The van der Waals surface area contributed by atoms with Gasteiger partial charge in [0, 0.05) is 18.3 Å². The molecule has 0 atom stereocenters. The molecule has 0 bridgehead atoms. The fourth-order valence-corrected chi connectivity index (χ4v) is 2.49. The number of carbonyl (C=O) groups excluding carboxylic acids is 1. The molecule has 0 spiro atoms. The van der Waals surface area contributed by atoms with E-state index in [2.05, 4.69) is 5.32 Å². The Morgan fingerprint density at radius 2 is 1.67 bits per heavy atom. The Morgan fingerprint density at radius 1 is 1.07 bits per heavy atom. The van der Waals surface area contributed by atoms with Crippen LogP contribution < -0.4 is 5.32 Å². The van der Waals surface area contributed by atoms with Gasteiger partial charge in [0.2, 0.25) is 5.91 Å². The quantitative estimate of drug-likeness (QED) is 0.738. The molecule has 0 unspecified atom stereocenters. The molecule has 1 amide bonds. The van der Waals surface area contributed by atoms with Crippen molar-refractivity contribution in [1.82, 2.24) is 5.32 Å². The van der Waals surface area contributed by atoms with E-state index in [1.165, 1.54) is 25.7 Å². The summed E-state index contributed by atoms with van der Waals surface area (Å²) < 4.78 is 0. The molecule has 0 radical (unpaired) electrons. The molecule has 0 aromatic rings. The van der Waals surface area contributed by atoms with Crippen molar-refractivity contribution >= 4 is 17.5 Å². The lowest BCUT2D eigenvalue weighted by Gasteiger charge is -2.25. The van der Waals surface area contributed by atoms with Gasteiger partial charge in [0.25, 0.3) is 0 Å². The van der Waals surface area contributed by atoms with Crippen LogP contribution >= 0.6 is 11.6 Å². The third-order valence-corrected chi connectivity index (χ3v) is 3.97. The molecule has 0 aromatic carbocycles. The van der Waals surface area contributed by atoms with Gasteiger partial charge >= 0.3 is 0 Å². The first-order valence-electron chi connectivity index (χ1n) is 6.15. The number of carbonyl (C=O) groups is 1. The first kappa shape index (κ1) is 11.3. The molecule has 15 heavy (non-hydrogen) atoms. The Hall–Kier alpha value is -0.240. The lowest BCUT2D eigenvalue weighted by molar-refractivity contribution is -0.121. The van der Waals surface area contributed by atoms with E-state index in [1.54, 1.807) is 0 Å². The van der Waals surface area contributed by atoms with Gasteiger partial charge in [-0.3, -0.25) is 4.79 Å². The van der Waals surface area contributed by atoms with E-state index in [4.69, 9.17) is 11.6 Å². The van der Waals surface area contributed by atoms with E-state index in [9.17, 15) is 4.79 Å². The largest absolute Gasteiger partial charge is 0.356 e. The number of amides is 1. The standard InChI is InChI=1S/C12H20ClNO/c13-11-5-3-10(4-6-11)8-14-12(15)7-9-1-2-9/h9-11H,1-8H2,(H,14,15). The van der Waals surface area contributed by atoms with Crippen LogP contribution in [-0.4, -0.2) is 17.8 Å². The zero-order valence-electron chi connectivity index (χ0n) is 9.18. The van der Waals surface area contributed by atoms with Crippen molar-refractivity contribution in [2.75, 3.05) is 6.54 Å². The second-order valence-electron chi connectivity index (χ2n) is 5.07. The Bertz CT molecular complexity index is 220. The first-order chi connectivity index (χ1) is 7.24. The van der Waals surface area contributed by atoms with E-state index in [-0.39, 0.29) is 5.91 Å². The van der Waals surface area contributed by atoms with Crippen LogP contribution in [0.1, 0.15) is 44.9 Å². The maximum absolute atomic E-state index is 11.5. The molecule has 2 aliphatic rings. The maximum Gasteiger partial charge on any atom is 0.220 e. The average molecular weight is 230 g/mol. The van der Waals surface area contributed by atoms with Gasteiger partial charge in [-0.25, -0.2) is 0 Å². The van der Waals surface area contributed by atoms with Crippen LogP contribution in [0.5, 0.6) is 0 Å². The third-order valence-electron chi connectivity index (χ3n) is 3.54. The minimum Gasteiger partial charge on any atom is -0.356 e. The predicted octanol–water partition coefficient (Wildman–Crippen LogP) is 2.70. The van der Waals surface area contributed by atoms with Crippen LogP contribution in [0.4, 0.5) is 0 Å². The van der Waals surface area contributed by atoms with Crippen molar-refractivity contribution in [2.45, 2.75) is 50.3 Å². The molecule has 2 rings (SSSR count). The highest BCUT2D eigenvalue weighted by Gasteiger charge is 2.25. The Labute approximate surface area is 96.8 Å². The molecule has 2 fully saturated rings. The minimum absolute atomic E-state index is 0.255. The van der Waals surface area contributed by atoms with Gasteiger partial charge < -0.3 is 5.32 Å². The summed E-state index contributed by atoms with van der Waals surface area (Å²) in [6.45, 7) is 0.870. The third kappa shape index (κ3) is 4.02. The van der Waals surface area contributed by atoms with Gasteiger partial charge in [0.05, 0.1) is 0 Å². The Morgan fingerprint density at radius 3 is 2.27 bits per heavy atom. The monoisotopic (exact) mass is 229 g/mol.